The second kappa shape index (κ2) is 6.41. The number of hydrogen-bond donors (Lipinski definition) is 1. The molecule has 0 saturated heterocycles. The number of carbonyl (C=O) groups excluding carboxylic acids is 1. The van der Waals surface area contributed by atoms with Crippen LogP contribution >= 0.6 is 24.0 Å². The van der Waals surface area contributed by atoms with Crippen molar-refractivity contribution in [1.29, 1.82) is 0 Å². The summed E-state index contributed by atoms with van der Waals surface area (Å²) >= 11 is 5.86. The van der Waals surface area contributed by atoms with Gasteiger partial charge in [-0.05, 0) is 37.5 Å². The fourth-order valence-electron chi connectivity index (χ4n) is 2.10. The number of nitrogens with two attached hydrogens (primary N) is 1. The monoisotopic (exact) mass is 288 g/mol. The Kier molecular flexibility index (Phi) is 5.45. The third-order valence-corrected chi connectivity index (χ3v) is 3.42. The molecule has 2 rings (SSSR count). The van der Waals surface area contributed by atoms with E-state index in [9.17, 15) is 4.79 Å². The van der Waals surface area contributed by atoms with Crippen molar-refractivity contribution >= 4 is 29.9 Å². The molecule has 0 aliphatic heterocycles. The average Bonchev–Trinajstić information content (AvgIpc) is 3.14. The molecule has 3 nitrogen and oxygen atoms in total. The number of carbonyl (C=O) groups is 1. The van der Waals surface area contributed by atoms with Crippen molar-refractivity contribution in [1.82, 2.24) is 4.90 Å². The summed E-state index contributed by atoms with van der Waals surface area (Å²) in [6, 6.07) is 8.07. The Morgan fingerprint density at radius 1 is 1.44 bits per heavy atom. The molecule has 100 valence electrons. The second-order valence-corrected chi connectivity index (χ2v) is 4.90. The van der Waals surface area contributed by atoms with E-state index in [1.54, 1.807) is 0 Å². The Morgan fingerprint density at radius 2 is 2.00 bits per heavy atom. The molecule has 1 atom stereocenters. The zero-order chi connectivity index (χ0) is 12.4. The van der Waals surface area contributed by atoms with Crippen LogP contribution in [0.3, 0.4) is 0 Å². The van der Waals surface area contributed by atoms with Gasteiger partial charge in [0.2, 0.25) is 5.91 Å². The fourth-order valence-corrected chi connectivity index (χ4v) is 2.22. The first kappa shape index (κ1) is 15.3. The van der Waals surface area contributed by atoms with Gasteiger partial charge in [-0.3, -0.25) is 4.79 Å². The molecular formula is C13H18Cl2N2O. The molecule has 1 fully saturated rings. The number of amides is 1. The molecule has 0 heterocycles. The summed E-state index contributed by atoms with van der Waals surface area (Å²) in [5.41, 5.74) is 6.57. The summed E-state index contributed by atoms with van der Waals surface area (Å²) in [6.45, 7) is 2.11. The quantitative estimate of drug-likeness (QED) is 0.926. The van der Waals surface area contributed by atoms with Gasteiger partial charge in [-0.2, -0.15) is 0 Å². The normalized spacial score (nSPS) is 15.7. The van der Waals surface area contributed by atoms with Gasteiger partial charge in [0.25, 0.3) is 0 Å². The van der Waals surface area contributed by atoms with Crippen molar-refractivity contribution < 1.29 is 4.79 Å². The van der Waals surface area contributed by atoms with E-state index in [2.05, 4.69) is 0 Å². The largest absolute Gasteiger partial charge is 0.332 e. The van der Waals surface area contributed by atoms with E-state index < -0.39 is 0 Å². The maximum atomic E-state index is 11.9. The van der Waals surface area contributed by atoms with Crippen LogP contribution in [0, 0.1) is 0 Å². The van der Waals surface area contributed by atoms with E-state index >= 15 is 0 Å². The van der Waals surface area contributed by atoms with Crippen LogP contribution in [0.1, 0.15) is 31.4 Å². The van der Waals surface area contributed by atoms with Crippen LogP contribution in [0.25, 0.3) is 0 Å². The van der Waals surface area contributed by atoms with Gasteiger partial charge in [0.05, 0.1) is 12.6 Å². The van der Waals surface area contributed by atoms with Crippen molar-refractivity contribution in [2.45, 2.75) is 31.8 Å². The van der Waals surface area contributed by atoms with Crippen LogP contribution in [0.2, 0.25) is 5.02 Å². The second-order valence-electron chi connectivity index (χ2n) is 4.46. The SMILES string of the molecule is CC(c1ccc(Cl)cc1)N(C(=O)CN)C1CC1.Cl. The zero-order valence-electron chi connectivity index (χ0n) is 10.3. The van der Waals surface area contributed by atoms with Crippen LogP contribution in [0.5, 0.6) is 0 Å². The summed E-state index contributed by atoms with van der Waals surface area (Å²) in [5, 5.41) is 0.712. The number of hydrogen-bond acceptors (Lipinski definition) is 2. The van der Waals surface area contributed by atoms with E-state index in [1.165, 1.54) is 0 Å². The lowest BCUT2D eigenvalue weighted by molar-refractivity contribution is -0.132. The van der Waals surface area contributed by atoms with Gasteiger partial charge in [0.1, 0.15) is 0 Å². The molecule has 0 bridgehead atoms. The molecule has 5 heteroatoms. The highest BCUT2D eigenvalue weighted by molar-refractivity contribution is 6.30. The Labute approximate surface area is 119 Å². The van der Waals surface area contributed by atoms with Crippen LogP contribution < -0.4 is 5.73 Å². The summed E-state index contributed by atoms with van der Waals surface area (Å²) in [6.07, 6.45) is 2.17. The minimum absolute atomic E-state index is 0. The predicted molar refractivity (Wildman–Crippen MR) is 76.0 cm³/mol. The Balaban J connectivity index is 0.00000162. The molecule has 1 aromatic carbocycles. The van der Waals surface area contributed by atoms with E-state index in [0.29, 0.717) is 11.1 Å². The molecule has 0 aromatic heterocycles. The Morgan fingerprint density at radius 3 is 2.44 bits per heavy atom. The lowest BCUT2D eigenvalue weighted by Gasteiger charge is -2.29. The minimum Gasteiger partial charge on any atom is -0.332 e. The predicted octanol–water partition coefficient (Wildman–Crippen LogP) is 2.77. The van der Waals surface area contributed by atoms with Gasteiger partial charge < -0.3 is 10.6 Å². The average molecular weight is 289 g/mol. The first-order valence-electron chi connectivity index (χ1n) is 5.90. The molecule has 1 aromatic rings. The number of halogens is 2. The highest BCUT2D eigenvalue weighted by Gasteiger charge is 2.35. The number of benzene rings is 1. The van der Waals surface area contributed by atoms with Crippen LogP contribution in [0.4, 0.5) is 0 Å². The molecule has 1 aliphatic carbocycles. The fraction of sp³-hybridized carbons (Fsp3) is 0.462. The van der Waals surface area contributed by atoms with Gasteiger partial charge >= 0.3 is 0 Å². The lowest BCUT2D eigenvalue weighted by atomic mass is 10.1. The first-order valence-corrected chi connectivity index (χ1v) is 6.28. The maximum absolute atomic E-state index is 11.9. The number of nitrogens with zero attached hydrogens (tertiary/aromatic N) is 1. The topological polar surface area (TPSA) is 46.3 Å². The van der Waals surface area contributed by atoms with Crippen molar-refractivity contribution in [2.24, 2.45) is 5.73 Å². The first-order chi connectivity index (χ1) is 8.13. The molecular weight excluding hydrogens is 271 g/mol. The molecule has 18 heavy (non-hydrogen) atoms. The van der Waals surface area contributed by atoms with Gasteiger partial charge in [0, 0.05) is 11.1 Å². The summed E-state index contributed by atoms with van der Waals surface area (Å²) in [7, 11) is 0. The molecule has 1 saturated carbocycles. The summed E-state index contributed by atoms with van der Waals surface area (Å²) < 4.78 is 0. The van der Waals surface area contributed by atoms with Gasteiger partial charge in [-0.1, -0.05) is 23.7 Å². The van der Waals surface area contributed by atoms with Crippen molar-refractivity contribution in [3.8, 4) is 0 Å². The van der Waals surface area contributed by atoms with Crippen LogP contribution in [-0.4, -0.2) is 23.4 Å². The zero-order valence-corrected chi connectivity index (χ0v) is 11.9. The van der Waals surface area contributed by atoms with Gasteiger partial charge in [-0.15, -0.1) is 12.4 Å². The van der Waals surface area contributed by atoms with Crippen molar-refractivity contribution in [3.05, 3.63) is 34.9 Å². The smallest absolute Gasteiger partial charge is 0.237 e. The lowest BCUT2D eigenvalue weighted by Crippen LogP contribution is -2.39. The van der Waals surface area contributed by atoms with E-state index in [0.717, 1.165) is 18.4 Å². The molecule has 2 N–H and O–H groups in total. The summed E-state index contributed by atoms with van der Waals surface area (Å²) in [4.78, 5) is 13.8. The van der Waals surface area contributed by atoms with E-state index in [1.807, 2.05) is 36.1 Å². The van der Waals surface area contributed by atoms with E-state index in [-0.39, 0.29) is 30.9 Å². The number of rotatable bonds is 4. The van der Waals surface area contributed by atoms with Crippen molar-refractivity contribution in [2.75, 3.05) is 6.54 Å². The van der Waals surface area contributed by atoms with Gasteiger partial charge in [0.15, 0.2) is 0 Å². The maximum Gasteiger partial charge on any atom is 0.237 e. The highest BCUT2D eigenvalue weighted by atomic mass is 35.5. The minimum atomic E-state index is 0. The Hall–Kier alpha value is -0.770. The third-order valence-electron chi connectivity index (χ3n) is 3.17. The molecule has 1 amide bonds. The standard InChI is InChI=1S/C13H17ClN2O.ClH/c1-9(10-2-4-11(14)5-3-10)16(12-6-7-12)13(17)8-15;/h2-5,9,12H,6-8,15H2,1H3;1H. The molecule has 1 aliphatic rings. The third kappa shape index (κ3) is 3.37. The Bertz CT molecular complexity index is 404. The highest BCUT2D eigenvalue weighted by Crippen LogP contribution is 2.34. The molecule has 0 spiro atoms. The summed E-state index contributed by atoms with van der Waals surface area (Å²) in [5.74, 6) is 0.0231. The van der Waals surface area contributed by atoms with Crippen LogP contribution in [0.15, 0.2) is 24.3 Å². The molecule has 1 unspecified atom stereocenters. The van der Waals surface area contributed by atoms with E-state index in [4.69, 9.17) is 17.3 Å². The van der Waals surface area contributed by atoms with Crippen molar-refractivity contribution in [3.63, 3.8) is 0 Å². The molecule has 0 radical (unpaired) electrons. The van der Waals surface area contributed by atoms with Crippen LogP contribution in [-0.2, 0) is 4.79 Å². The van der Waals surface area contributed by atoms with Gasteiger partial charge in [-0.25, -0.2) is 0 Å².